The first kappa shape index (κ1) is 11.7. The molecule has 0 fully saturated rings. The van der Waals surface area contributed by atoms with Gasteiger partial charge in [0, 0.05) is 12.4 Å². The van der Waals surface area contributed by atoms with Crippen molar-refractivity contribution in [2.24, 2.45) is 5.84 Å². The third-order valence-corrected chi connectivity index (χ3v) is 2.66. The molecule has 1 aromatic heterocycles. The highest BCUT2D eigenvalue weighted by Gasteiger charge is 2.12. The largest absolute Gasteiger partial charge is 0.271 e. The van der Waals surface area contributed by atoms with Crippen molar-refractivity contribution in [1.82, 2.24) is 15.4 Å². The van der Waals surface area contributed by atoms with Gasteiger partial charge in [0.25, 0.3) is 0 Å². The van der Waals surface area contributed by atoms with Gasteiger partial charge in [-0.2, -0.15) is 0 Å². The number of benzene rings is 1. The zero-order valence-electron chi connectivity index (χ0n) is 9.80. The molecule has 0 radical (unpaired) electrons. The average molecular weight is 228 g/mol. The number of nitrogens with one attached hydrogen (secondary N) is 1. The Morgan fingerprint density at radius 2 is 1.82 bits per heavy atom. The van der Waals surface area contributed by atoms with Crippen LogP contribution in [0.2, 0.25) is 0 Å². The van der Waals surface area contributed by atoms with Crippen molar-refractivity contribution in [3.05, 3.63) is 59.7 Å². The Kier molecular flexibility index (Phi) is 3.80. The molecule has 4 heteroatoms. The summed E-state index contributed by atoms with van der Waals surface area (Å²) < 4.78 is 0. The molecule has 0 aliphatic heterocycles. The molecule has 1 unspecified atom stereocenters. The van der Waals surface area contributed by atoms with Gasteiger partial charge in [-0.1, -0.05) is 29.8 Å². The smallest absolute Gasteiger partial charge is 0.146 e. The summed E-state index contributed by atoms with van der Waals surface area (Å²) in [5.41, 5.74) is 5.22. The van der Waals surface area contributed by atoms with E-state index in [1.54, 1.807) is 18.5 Å². The number of aryl methyl sites for hydroxylation is 1. The zero-order chi connectivity index (χ0) is 12.1. The highest BCUT2D eigenvalue weighted by atomic mass is 15.2. The molecule has 0 aliphatic carbocycles. The quantitative estimate of drug-likeness (QED) is 0.615. The number of nitrogens with two attached hydrogens (primary N) is 1. The van der Waals surface area contributed by atoms with Crippen LogP contribution in [0, 0.1) is 6.92 Å². The highest BCUT2D eigenvalue weighted by Crippen LogP contribution is 2.14. The number of aromatic nitrogens is 2. The number of rotatable bonds is 4. The van der Waals surface area contributed by atoms with Crippen LogP contribution >= 0.6 is 0 Å². The molecule has 4 nitrogen and oxygen atoms in total. The van der Waals surface area contributed by atoms with Gasteiger partial charge in [-0.25, -0.2) is 15.4 Å². The number of hydrogen-bond acceptors (Lipinski definition) is 4. The lowest BCUT2D eigenvalue weighted by atomic mass is 10.0. The molecule has 0 saturated carbocycles. The minimum absolute atomic E-state index is 0.0566. The summed E-state index contributed by atoms with van der Waals surface area (Å²) in [4.78, 5) is 8.42. The summed E-state index contributed by atoms with van der Waals surface area (Å²) in [5, 5.41) is 0. The summed E-state index contributed by atoms with van der Waals surface area (Å²) in [6.07, 6.45) is 4.23. The summed E-state index contributed by atoms with van der Waals surface area (Å²) in [6.45, 7) is 2.07. The maximum Gasteiger partial charge on any atom is 0.146 e. The third kappa shape index (κ3) is 3.09. The fourth-order valence-corrected chi connectivity index (χ4v) is 1.68. The van der Waals surface area contributed by atoms with Gasteiger partial charge in [-0.15, -0.1) is 0 Å². The van der Waals surface area contributed by atoms with Crippen molar-refractivity contribution in [2.75, 3.05) is 0 Å². The van der Waals surface area contributed by atoms with E-state index in [0.29, 0.717) is 0 Å². The Bertz CT molecular complexity index is 453. The molecule has 0 saturated heterocycles. The number of hydrogen-bond donors (Lipinski definition) is 2. The summed E-state index contributed by atoms with van der Waals surface area (Å²) in [7, 11) is 0. The monoisotopic (exact) mass is 228 g/mol. The molecule has 0 bridgehead atoms. The van der Waals surface area contributed by atoms with Crippen molar-refractivity contribution >= 4 is 0 Å². The first-order chi connectivity index (χ1) is 8.29. The van der Waals surface area contributed by atoms with Crippen LogP contribution < -0.4 is 11.3 Å². The second-order valence-corrected chi connectivity index (χ2v) is 4.02. The highest BCUT2D eigenvalue weighted by molar-refractivity contribution is 5.22. The van der Waals surface area contributed by atoms with Gasteiger partial charge < -0.3 is 0 Å². The Labute approximate surface area is 101 Å². The second kappa shape index (κ2) is 5.52. The minimum Gasteiger partial charge on any atom is -0.271 e. The van der Waals surface area contributed by atoms with E-state index in [0.717, 1.165) is 12.2 Å². The molecule has 17 heavy (non-hydrogen) atoms. The molecule has 88 valence electrons. The van der Waals surface area contributed by atoms with E-state index in [2.05, 4.69) is 46.6 Å². The molecule has 1 heterocycles. The first-order valence-corrected chi connectivity index (χ1v) is 5.58. The van der Waals surface area contributed by atoms with Crippen LogP contribution in [0.5, 0.6) is 0 Å². The lowest BCUT2D eigenvalue weighted by molar-refractivity contribution is 0.522. The van der Waals surface area contributed by atoms with Gasteiger partial charge in [0.15, 0.2) is 0 Å². The molecule has 2 rings (SSSR count). The SMILES string of the molecule is Cc1ccc(CC(NN)c2ncccn2)cc1. The Balaban J connectivity index is 2.13. The van der Waals surface area contributed by atoms with Crippen LogP contribution in [0.3, 0.4) is 0 Å². The summed E-state index contributed by atoms with van der Waals surface area (Å²) in [6, 6.07) is 10.1. The van der Waals surface area contributed by atoms with Gasteiger partial charge in [-0.05, 0) is 25.0 Å². The Morgan fingerprint density at radius 1 is 1.18 bits per heavy atom. The van der Waals surface area contributed by atoms with Gasteiger partial charge in [0.1, 0.15) is 5.82 Å². The van der Waals surface area contributed by atoms with E-state index in [4.69, 9.17) is 5.84 Å². The van der Waals surface area contributed by atoms with Crippen LogP contribution in [0.25, 0.3) is 0 Å². The minimum atomic E-state index is -0.0566. The summed E-state index contributed by atoms with van der Waals surface area (Å²) in [5.74, 6) is 6.27. The average Bonchev–Trinajstić information content (AvgIpc) is 2.39. The molecule has 1 atom stereocenters. The number of nitrogens with zero attached hydrogens (tertiary/aromatic N) is 2. The molecular weight excluding hydrogens is 212 g/mol. The van der Waals surface area contributed by atoms with Crippen LogP contribution in [0.4, 0.5) is 0 Å². The fraction of sp³-hybridized carbons (Fsp3) is 0.231. The molecule has 0 spiro atoms. The Morgan fingerprint density at radius 3 is 2.41 bits per heavy atom. The molecule has 2 aromatic rings. The Hall–Kier alpha value is -1.78. The predicted octanol–water partition coefficient (Wildman–Crippen LogP) is 1.53. The van der Waals surface area contributed by atoms with Gasteiger partial charge in [0.05, 0.1) is 6.04 Å². The van der Waals surface area contributed by atoms with E-state index >= 15 is 0 Å². The maximum absolute atomic E-state index is 5.55. The van der Waals surface area contributed by atoms with Crippen LogP contribution in [0.1, 0.15) is 23.0 Å². The normalized spacial score (nSPS) is 12.4. The van der Waals surface area contributed by atoms with E-state index in [1.807, 2.05) is 0 Å². The van der Waals surface area contributed by atoms with Crippen molar-refractivity contribution in [1.29, 1.82) is 0 Å². The van der Waals surface area contributed by atoms with Gasteiger partial charge >= 0.3 is 0 Å². The third-order valence-electron chi connectivity index (χ3n) is 2.66. The van der Waals surface area contributed by atoms with E-state index in [9.17, 15) is 0 Å². The lowest BCUT2D eigenvalue weighted by Gasteiger charge is -2.14. The van der Waals surface area contributed by atoms with Crippen molar-refractivity contribution in [2.45, 2.75) is 19.4 Å². The lowest BCUT2D eigenvalue weighted by Crippen LogP contribution is -2.30. The van der Waals surface area contributed by atoms with E-state index in [1.165, 1.54) is 11.1 Å². The fourth-order valence-electron chi connectivity index (χ4n) is 1.68. The van der Waals surface area contributed by atoms with Gasteiger partial charge in [0.2, 0.25) is 0 Å². The number of hydrazine groups is 1. The van der Waals surface area contributed by atoms with E-state index < -0.39 is 0 Å². The molecule has 0 amide bonds. The van der Waals surface area contributed by atoms with E-state index in [-0.39, 0.29) is 6.04 Å². The van der Waals surface area contributed by atoms with Gasteiger partial charge in [-0.3, -0.25) is 5.84 Å². The molecule has 0 aliphatic rings. The van der Waals surface area contributed by atoms with Crippen molar-refractivity contribution in [3.8, 4) is 0 Å². The molecule has 1 aromatic carbocycles. The second-order valence-electron chi connectivity index (χ2n) is 4.02. The van der Waals surface area contributed by atoms with Crippen LogP contribution in [0.15, 0.2) is 42.7 Å². The zero-order valence-corrected chi connectivity index (χ0v) is 9.80. The predicted molar refractivity (Wildman–Crippen MR) is 67.0 cm³/mol. The summed E-state index contributed by atoms with van der Waals surface area (Å²) >= 11 is 0. The molecule has 3 N–H and O–H groups in total. The standard InChI is InChI=1S/C13H16N4/c1-10-3-5-11(6-4-10)9-12(17-14)13-15-7-2-8-16-13/h2-8,12,17H,9,14H2,1H3. The van der Waals surface area contributed by atoms with Crippen molar-refractivity contribution in [3.63, 3.8) is 0 Å². The van der Waals surface area contributed by atoms with Crippen LogP contribution in [-0.4, -0.2) is 9.97 Å². The first-order valence-electron chi connectivity index (χ1n) is 5.58. The molecular formula is C13H16N4. The van der Waals surface area contributed by atoms with Crippen molar-refractivity contribution < 1.29 is 0 Å². The maximum atomic E-state index is 5.55. The topological polar surface area (TPSA) is 63.8 Å². The van der Waals surface area contributed by atoms with Crippen LogP contribution in [-0.2, 0) is 6.42 Å².